The average Bonchev–Trinajstić information content (AvgIpc) is 2.33. The Bertz CT molecular complexity index is 229. The van der Waals surface area contributed by atoms with Gasteiger partial charge in [0.2, 0.25) is 0 Å². The van der Waals surface area contributed by atoms with Crippen molar-refractivity contribution in [3.8, 4) is 0 Å². The van der Waals surface area contributed by atoms with Gasteiger partial charge in [0, 0.05) is 18.6 Å². The topological polar surface area (TPSA) is 24.1 Å². The van der Waals surface area contributed by atoms with E-state index in [4.69, 9.17) is 0 Å². The van der Waals surface area contributed by atoms with Crippen LogP contribution < -0.4 is 10.6 Å². The number of nitrogens with one attached hydrogen (secondary N) is 2. The van der Waals surface area contributed by atoms with Gasteiger partial charge in [-0.05, 0) is 50.0 Å². The molecule has 2 aliphatic rings. The zero-order valence-corrected chi connectivity index (χ0v) is 11.9. The van der Waals surface area contributed by atoms with Crippen LogP contribution in [0.3, 0.4) is 0 Å². The van der Waals surface area contributed by atoms with E-state index in [9.17, 15) is 0 Å². The molecule has 1 aliphatic carbocycles. The van der Waals surface area contributed by atoms with Gasteiger partial charge in [-0.2, -0.15) is 0 Å². The molecule has 100 valence electrons. The highest BCUT2D eigenvalue weighted by Gasteiger charge is 2.34. The fraction of sp³-hybridized carbons (Fsp3) is 1.00. The third-order valence-electron chi connectivity index (χ3n) is 4.99. The quantitative estimate of drug-likeness (QED) is 0.790. The van der Waals surface area contributed by atoms with Crippen LogP contribution in [0.2, 0.25) is 0 Å². The Morgan fingerprint density at radius 3 is 2.41 bits per heavy atom. The molecule has 2 nitrogen and oxygen atoms in total. The highest BCUT2D eigenvalue weighted by molar-refractivity contribution is 4.92. The van der Waals surface area contributed by atoms with Crippen molar-refractivity contribution in [1.29, 1.82) is 0 Å². The minimum Gasteiger partial charge on any atom is -0.316 e. The van der Waals surface area contributed by atoms with Crippen LogP contribution in [0.25, 0.3) is 0 Å². The first-order valence-corrected chi connectivity index (χ1v) is 7.58. The summed E-state index contributed by atoms with van der Waals surface area (Å²) in [5, 5.41) is 7.47. The van der Waals surface area contributed by atoms with Gasteiger partial charge in [-0.15, -0.1) is 0 Å². The lowest BCUT2D eigenvalue weighted by molar-refractivity contribution is 0.153. The second kappa shape index (κ2) is 5.71. The van der Waals surface area contributed by atoms with Crippen LogP contribution in [0, 0.1) is 11.3 Å². The maximum absolute atomic E-state index is 3.95. The molecular weight excluding hydrogens is 208 g/mol. The fourth-order valence-electron chi connectivity index (χ4n) is 3.50. The van der Waals surface area contributed by atoms with Crippen LogP contribution in [0.1, 0.15) is 59.3 Å². The molecule has 1 aliphatic heterocycles. The van der Waals surface area contributed by atoms with E-state index in [0.717, 1.165) is 18.5 Å². The summed E-state index contributed by atoms with van der Waals surface area (Å²) in [7, 11) is 0. The molecule has 0 spiro atoms. The third-order valence-corrected chi connectivity index (χ3v) is 4.99. The Kier molecular flexibility index (Phi) is 4.48. The number of hydrogen-bond donors (Lipinski definition) is 2. The lowest BCUT2D eigenvalue weighted by Gasteiger charge is -2.42. The molecule has 2 N–H and O–H groups in total. The minimum atomic E-state index is 0.417. The van der Waals surface area contributed by atoms with Gasteiger partial charge in [0.25, 0.3) is 0 Å². The molecule has 0 aromatic rings. The van der Waals surface area contributed by atoms with Gasteiger partial charge in [-0.1, -0.05) is 27.2 Å². The van der Waals surface area contributed by atoms with Crippen molar-refractivity contribution in [2.24, 2.45) is 11.3 Å². The van der Waals surface area contributed by atoms with Gasteiger partial charge in [-0.25, -0.2) is 0 Å². The normalized spacial score (nSPS) is 37.9. The van der Waals surface area contributed by atoms with Gasteiger partial charge in [-0.3, -0.25) is 0 Å². The van der Waals surface area contributed by atoms with E-state index in [2.05, 4.69) is 31.4 Å². The molecule has 1 unspecified atom stereocenters. The maximum atomic E-state index is 3.95. The molecule has 2 rings (SSSR count). The summed E-state index contributed by atoms with van der Waals surface area (Å²) in [6.45, 7) is 9.48. The van der Waals surface area contributed by atoms with Gasteiger partial charge < -0.3 is 10.6 Å². The summed E-state index contributed by atoms with van der Waals surface area (Å²) < 4.78 is 0. The molecule has 2 heteroatoms. The predicted octanol–water partition coefficient (Wildman–Crippen LogP) is 2.93. The summed E-state index contributed by atoms with van der Waals surface area (Å²) in [5.41, 5.74) is 0.417. The van der Waals surface area contributed by atoms with Crippen molar-refractivity contribution >= 4 is 0 Å². The Morgan fingerprint density at radius 1 is 1.12 bits per heavy atom. The standard InChI is InChI=1S/C15H30N2/c1-4-12-5-7-13(8-6-12)17-14-9-10-16-11-15(14,2)3/h12-14,16-17H,4-11H2,1-3H3. The molecule has 0 aromatic carbocycles. The van der Waals surface area contributed by atoms with Gasteiger partial charge in [0.05, 0.1) is 0 Å². The summed E-state index contributed by atoms with van der Waals surface area (Å²) in [5.74, 6) is 1.01. The number of piperidine rings is 1. The molecular formula is C15H30N2. The van der Waals surface area contributed by atoms with Crippen molar-refractivity contribution in [3.63, 3.8) is 0 Å². The lowest BCUT2D eigenvalue weighted by Crippen LogP contribution is -2.55. The van der Waals surface area contributed by atoms with Gasteiger partial charge in [0.1, 0.15) is 0 Å². The fourth-order valence-corrected chi connectivity index (χ4v) is 3.50. The molecule has 1 atom stereocenters. The first kappa shape index (κ1) is 13.4. The molecule has 0 radical (unpaired) electrons. The lowest BCUT2D eigenvalue weighted by atomic mass is 9.78. The second-order valence-electron chi connectivity index (χ2n) is 6.80. The smallest absolute Gasteiger partial charge is 0.0145 e. The van der Waals surface area contributed by atoms with E-state index in [0.29, 0.717) is 11.5 Å². The predicted molar refractivity (Wildman–Crippen MR) is 74.2 cm³/mol. The van der Waals surface area contributed by atoms with Crippen molar-refractivity contribution in [1.82, 2.24) is 10.6 Å². The van der Waals surface area contributed by atoms with Crippen LogP contribution in [0.4, 0.5) is 0 Å². The summed E-state index contributed by atoms with van der Waals surface area (Å²) in [4.78, 5) is 0. The minimum absolute atomic E-state index is 0.417. The van der Waals surface area contributed by atoms with Gasteiger partial charge >= 0.3 is 0 Å². The van der Waals surface area contributed by atoms with Crippen molar-refractivity contribution in [2.75, 3.05) is 13.1 Å². The SMILES string of the molecule is CCC1CCC(NC2CCNCC2(C)C)CC1. The van der Waals surface area contributed by atoms with E-state index in [1.54, 1.807) is 0 Å². The van der Waals surface area contributed by atoms with Crippen LogP contribution in [-0.2, 0) is 0 Å². The van der Waals surface area contributed by atoms with E-state index >= 15 is 0 Å². The van der Waals surface area contributed by atoms with Crippen LogP contribution >= 0.6 is 0 Å². The summed E-state index contributed by atoms with van der Waals surface area (Å²) in [6.07, 6.45) is 8.36. The number of rotatable bonds is 3. The molecule has 1 heterocycles. The summed E-state index contributed by atoms with van der Waals surface area (Å²) in [6, 6.07) is 1.51. The molecule has 17 heavy (non-hydrogen) atoms. The first-order chi connectivity index (χ1) is 8.12. The van der Waals surface area contributed by atoms with E-state index in [-0.39, 0.29) is 0 Å². The van der Waals surface area contributed by atoms with Crippen molar-refractivity contribution in [3.05, 3.63) is 0 Å². The third kappa shape index (κ3) is 3.45. The highest BCUT2D eigenvalue weighted by atomic mass is 15.0. The van der Waals surface area contributed by atoms with Crippen LogP contribution in [0.5, 0.6) is 0 Å². The Balaban J connectivity index is 1.80. The molecule has 0 amide bonds. The van der Waals surface area contributed by atoms with Crippen molar-refractivity contribution in [2.45, 2.75) is 71.4 Å². The Morgan fingerprint density at radius 2 is 1.82 bits per heavy atom. The van der Waals surface area contributed by atoms with Crippen LogP contribution in [0.15, 0.2) is 0 Å². The molecule has 0 aromatic heterocycles. The Labute approximate surface area is 107 Å². The first-order valence-electron chi connectivity index (χ1n) is 7.58. The van der Waals surface area contributed by atoms with E-state index in [1.165, 1.54) is 45.1 Å². The number of hydrogen-bond acceptors (Lipinski definition) is 2. The second-order valence-corrected chi connectivity index (χ2v) is 6.80. The molecule has 0 bridgehead atoms. The zero-order valence-electron chi connectivity index (χ0n) is 11.9. The molecule has 1 saturated heterocycles. The van der Waals surface area contributed by atoms with Gasteiger partial charge in [0.15, 0.2) is 0 Å². The Hall–Kier alpha value is -0.0800. The average molecular weight is 238 g/mol. The highest BCUT2D eigenvalue weighted by Crippen LogP contribution is 2.30. The largest absolute Gasteiger partial charge is 0.316 e. The van der Waals surface area contributed by atoms with Crippen molar-refractivity contribution < 1.29 is 0 Å². The molecule has 2 fully saturated rings. The zero-order chi connectivity index (χ0) is 12.3. The monoisotopic (exact) mass is 238 g/mol. The van der Waals surface area contributed by atoms with E-state index < -0.39 is 0 Å². The van der Waals surface area contributed by atoms with E-state index in [1.807, 2.05) is 0 Å². The summed E-state index contributed by atoms with van der Waals surface area (Å²) >= 11 is 0. The van der Waals surface area contributed by atoms with Crippen LogP contribution in [-0.4, -0.2) is 25.2 Å². The molecule has 1 saturated carbocycles. The maximum Gasteiger partial charge on any atom is 0.0145 e.